The first-order valence-corrected chi connectivity index (χ1v) is 20.9. The molecule has 0 aliphatic carbocycles. The van der Waals surface area contributed by atoms with Crippen LogP contribution in [0.25, 0.3) is 101 Å². The second-order valence-corrected chi connectivity index (χ2v) is 15.2. The number of rotatable bonds is 4. The summed E-state index contributed by atoms with van der Waals surface area (Å²) in [5.74, 6) is -3.34. The number of hydrogen-bond donors (Lipinski definition) is 2. The average molecular weight is 1120 g/mol. The number of benzene rings is 6. The largest absolute Gasteiger partial charge is 0.507 e. The van der Waals surface area contributed by atoms with Gasteiger partial charge in [-0.25, -0.2) is 9.97 Å². The Bertz CT molecular complexity index is 3330. The smallest absolute Gasteiger partial charge is 0.454 e. The van der Waals surface area contributed by atoms with E-state index in [0.29, 0.717) is 45.9 Å². The zero-order chi connectivity index (χ0) is 49.2. The minimum absolute atomic E-state index is 0. The molecule has 0 spiro atoms. The predicted molar refractivity (Wildman–Crippen MR) is 250 cm³/mol. The van der Waals surface area contributed by atoms with E-state index in [1.807, 2.05) is 97.1 Å². The van der Waals surface area contributed by atoms with Crippen molar-refractivity contribution < 1.29 is 72.0 Å². The Hall–Kier alpha value is -8.45. The molecule has 0 amide bonds. The van der Waals surface area contributed by atoms with E-state index in [2.05, 4.69) is 0 Å². The second kappa shape index (κ2) is 20.3. The van der Waals surface area contributed by atoms with Gasteiger partial charge in [0.15, 0.2) is 0 Å². The van der Waals surface area contributed by atoms with Crippen molar-refractivity contribution in [1.82, 2.24) is 39.9 Å². The topological polar surface area (TPSA) is 180 Å². The number of fused-ring (bicyclic) bond motifs is 20. The van der Waals surface area contributed by atoms with Crippen LogP contribution in [0.1, 0.15) is 11.1 Å². The standard InChI is InChI=1S/C32H16N8.2C10H7F3O2.Hf/c1-2-10-18-17(9-1)25-33-26(18)38-28-21-13-5-6-14-22(21)30(35-28)40-32-24-16-8-7-15-23(24)31(36-32)39-29-20-12-4-3-11-19(20)27(34-29)37-25;2*11-10(12,13)9(15)6-8(14)7-4-2-1-3-5-7;/h1-16H;2*1-6,14H;/q-2;;;. The molecule has 3 aromatic heterocycles. The Balaban J connectivity index is 0.000000181. The first kappa shape index (κ1) is 49.0. The molecule has 5 heterocycles. The van der Waals surface area contributed by atoms with E-state index in [1.54, 1.807) is 12.1 Å². The first-order valence-electron chi connectivity index (χ1n) is 20.9. The van der Waals surface area contributed by atoms with E-state index in [0.717, 1.165) is 43.8 Å². The van der Waals surface area contributed by atoms with E-state index in [1.165, 1.54) is 48.5 Å². The summed E-state index contributed by atoms with van der Waals surface area (Å²) >= 11 is 0. The zero-order valence-corrected chi connectivity index (χ0v) is 39.8. The fourth-order valence-corrected chi connectivity index (χ4v) is 7.25. The van der Waals surface area contributed by atoms with Crippen LogP contribution in [0.15, 0.2) is 170 Å². The number of nitrogens with zero attached hydrogens (tertiary/aromatic N) is 8. The fourth-order valence-electron chi connectivity index (χ4n) is 7.25. The Labute approximate surface area is 416 Å². The van der Waals surface area contributed by atoms with Crippen LogP contribution in [0.2, 0.25) is 0 Å². The van der Waals surface area contributed by atoms with E-state index >= 15 is 0 Å². The van der Waals surface area contributed by atoms with Crippen molar-refractivity contribution in [2.45, 2.75) is 12.4 Å². The zero-order valence-electron chi connectivity index (χ0n) is 36.2. The van der Waals surface area contributed by atoms with Gasteiger partial charge in [-0.1, -0.05) is 158 Å². The van der Waals surface area contributed by atoms with Gasteiger partial charge < -0.3 is 40.1 Å². The number of halogens is 6. The molecule has 0 saturated heterocycles. The molecule has 8 bridgehead atoms. The Kier molecular flexibility index (Phi) is 14.0. The summed E-state index contributed by atoms with van der Waals surface area (Å²) in [4.78, 5) is 60.2. The minimum atomic E-state index is -4.96. The van der Waals surface area contributed by atoms with Gasteiger partial charge in [0.05, 0.1) is 23.3 Å². The molecule has 19 heteroatoms. The maximum absolute atomic E-state index is 11.8. The molecule has 0 radical (unpaired) electrons. The maximum Gasteiger partial charge on any atom is 0.454 e. The molecular weight excluding hydrogens is 1090 g/mol. The molecule has 0 fully saturated rings. The third kappa shape index (κ3) is 10.6. The van der Waals surface area contributed by atoms with Crippen molar-refractivity contribution in [2.24, 2.45) is 0 Å². The molecule has 71 heavy (non-hydrogen) atoms. The van der Waals surface area contributed by atoms with Gasteiger partial charge >= 0.3 is 12.4 Å². The Morgan fingerprint density at radius 3 is 0.873 bits per heavy atom. The molecule has 350 valence electrons. The fraction of sp³-hybridized carbons (Fsp3) is 0.0385. The summed E-state index contributed by atoms with van der Waals surface area (Å²) in [5, 5.41) is 22.0. The number of aliphatic hydroxyl groups is 2. The van der Waals surface area contributed by atoms with Crippen molar-refractivity contribution in [3.8, 4) is 45.6 Å². The summed E-state index contributed by atoms with van der Waals surface area (Å²) in [6.45, 7) is 0. The molecule has 2 N–H and O–H groups in total. The van der Waals surface area contributed by atoms with Crippen molar-refractivity contribution >= 4 is 67.2 Å². The van der Waals surface area contributed by atoms with Gasteiger partial charge in [-0.05, 0) is 21.5 Å². The summed E-state index contributed by atoms with van der Waals surface area (Å²) in [6.07, 6.45) is -9.59. The SMILES string of the molecule is O=C(C=C(O)c1ccccc1)C(F)(F)F.O=C(C=C(O)c1ccccc1)C(F)(F)F.[Hf].c1ccc2c(c1)-c1nc-2nc2[n-]c(nc3nc(nc4[n-]c(n1)c1ccccc41)-c1ccccc1-3)c1ccccc21. The summed E-state index contributed by atoms with van der Waals surface area (Å²) in [5.41, 5.74) is 6.11. The molecule has 11 rings (SSSR count). The molecule has 12 nitrogen and oxygen atoms in total. The van der Waals surface area contributed by atoms with Crippen LogP contribution in [0.5, 0.6) is 0 Å². The monoisotopic (exact) mass is 1120 g/mol. The van der Waals surface area contributed by atoms with Gasteiger partial charge in [0.2, 0.25) is 0 Å². The molecule has 0 unspecified atom stereocenters. The molecule has 2 aliphatic heterocycles. The number of carbonyl (C=O) groups is 2. The number of alkyl halides is 6. The van der Waals surface area contributed by atoms with E-state index in [9.17, 15) is 46.1 Å². The Morgan fingerprint density at radius 1 is 0.380 bits per heavy atom. The van der Waals surface area contributed by atoms with Crippen LogP contribution >= 0.6 is 0 Å². The van der Waals surface area contributed by atoms with Gasteiger partial charge in [0, 0.05) is 94.0 Å². The normalized spacial score (nSPS) is 12.1. The molecule has 0 saturated carbocycles. The molecule has 6 aromatic carbocycles. The van der Waals surface area contributed by atoms with Gasteiger partial charge in [0.25, 0.3) is 11.6 Å². The van der Waals surface area contributed by atoms with Gasteiger partial charge in [-0.2, -0.15) is 26.3 Å². The van der Waals surface area contributed by atoms with Gasteiger partial charge in [0.1, 0.15) is 11.5 Å². The number of carbonyl (C=O) groups excluding carboxylic acids is 2. The molecular formula is C52H30F6HfN8O4-2. The molecule has 2 aliphatic rings. The van der Waals surface area contributed by atoms with Crippen LogP contribution in [0.3, 0.4) is 0 Å². The van der Waals surface area contributed by atoms with Crippen LogP contribution in [0.4, 0.5) is 26.3 Å². The van der Waals surface area contributed by atoms with Crippen LogP contribution in [-0.4, -0.2) is 64.0 Å². The molecule has 0 atom stereocenters. The van der Waals surface area contributed by atoms with E-state index in [4.69, 9.17) is 39.9 Å². The van der Waals surface area contributed by atoms with Gasteiger partial charge in [-0.15, -0.1) is 0 Å². The maximum atomic E-state index is 11.8. The van der Waals surface area contributed by atoms with Crippen molar-refractivity contribution in [1.29, 1.82) is 0 Å². The number of allylic oxidation sites excluding steroid dienone is 2. The second-order valence-electron chi connectivity index (χ2n) is 15.2. The Morgan fingerprint density at radius 2 is 0.620 bits per heavy atom. The third-order valence-corrected chi connectivity index (χ3v) is 10.6. The molecule has 9 aromatic rings. The number of aliphatic hydroxyl groups excluding tert-OH is 2. The van der Waals surface area contributed by atoms with Crippen molar-refractivity contribution in [3.63, 3.8) is 0 Å². The van der Waals surface area contributed by atoms with Gasteiger partial charge in [-0.3, -0.25) is 9.59 Å². The summed E-state index contributed by atoms with van der Waals surface area (Å²) in [7, 11) is 0. The van der Waals surface area contributed by atoms with E-state index < -0.39 is 35.4 Å². The predicted octanol–water partition coefficient (Wildman–Crippen LogP) is 11.6. The summed E-state index contributed by atoms with van der Waals surface area (Å²) in [6, 6.07) is 46.9. The first-order chi connectivity index (χ1) is 33.6. The minimum Gasteiger partial charge on any atom is -0.507 e. The van der Waals surface area contributed by atoms with Crippen LogP contribution in [0, 0.1) is 0 Å². The summed E-state index contributed by atoms with van der Waals surface area (Å²) < 4.78 is 70.9. The number of ketones is 2. The number of hydrogen-bond acceptors (Lipinski definition) is 10. The van der Waals surface area contributed by atoms with Crippen LogP contribution < -0.4 is 9.97 Å². The third-order valence-electron chi connectivity index (χ3n) is 10.6. The average Bonchev–Trinajstić information content (AvgIpc) is 4.10. The number of aromatic nitrogens is 8. The van der Waals surface area contributed by atoms with E-state index in [-0.39, 0.29) is 49.1 Å². The quantitative estimate of drug-likeness (QED) is 0.0738. The van der Waals surface area contributed by atoms with Crippen molar-refractivity contribution in [3.05, 3.63) is 181 Å². The van der Waals surface area contributed by atoms with Crippen LogP contribution in [-0.2, 0) is 35.4 Å². The van der Waals surface area contributed by atoms with Crippen molar-refractivity contribution in [2.75, 3.05) is 0 Å².